The van der Waals surface area contributed by atoms with Gasteiger partial charge in [0.05, 0.1) is 37.2 Å². The SMILES string of the molecule is CC(NC(=O)CNc1cc(Cl)ccc1N1CCOCC1)c1ccc2ccccc2c1. The third-order valence-electron chi connectivity index (χ3n) is 5.40. The highest BCUT2D eigenvalue weighted by Gasteiger charge is 2.16. The molecule has 1 amide bonds. The Balaban J connectivity index is 1.40. The maximum Gasteiger partial charge on any atom is 0.239 e. The molecule has 0 aliphatic carbocycles. The van der Waals surface area contributed by atoms with Gasteiger partial charge in [0, 0.05) is 18.1 Å². The molecule has 30 heavy (non-hydrogen) atoms. The Morgan fingerprint density at radius 3 is 2.63 bits per heavy atom. The number of nitrogens with one attached hydrogen (secondary N) is 2. The highest BCUT2D eigenvalue weighted by atomic mass is 35.5. The average molecular weight is 424 g/mol. The van der Waals surface area contributed by atoms with E-state index < -0.39 is 0 Å². The van der Waals surface area contributed by atoms with Gasteiger partial charge in [-0.2, -0.15) is 0 Å². The van der Waals surface area contributed by atoms with E-state index in [9.17, 15) is 4.79 Å². The van der Waals surface area contributed by atoms with Gasteiger partial charge in [0.25, 0.3) is 0 Å². The molecule has 1 unspecified atom stereocenters. The lowest BCUT2D eigenvalue weighted by Gasteiger charge is -2.30. The first-order chi connectivity index (χ1) is 14.6. The Bertz CT molecular complexity index is 1030. The van der Waals surface area contributed by atoms with Gasteiger partial charge in [-0.25, -0.2) is 0 Å². The summed E-state index contributed by atoms with van der Waals surface area (Å²) in [5.74, 6) is -0.0661. The maximum absolute atomic E-state index is 12.6. The van der Waals surface area contributed by atoms with Gasteiger partial charge < -0.3 is 20.3 Å². The molecule has 4 rings (SSSR count). The number of rotatable bonds is 6. The van der Waals surface area contributed by atoms with Gasteiger partial charge in [0.1, 0.15) is 0 Å². The van der Waals surface area contributed by atoms with Gasteiger partial charge in [-0.15, -0.1) is 0 Å². The summed E-state index contributed by atoms with van der Waals surface area (Å²) in [6.45, 7) is 5.22. The van der Waals surface area contributed by atoms with Crippen molar-refractivity contribution in [1.29, 1.82) is 0 Å². The van der Waals surface area contributed by atoms with E-state index in [1.54, 1.807) is 0 Å². The predicted octanol–water partition coefficient (Wildman–Crippen LogP) is 4.62. The average Bonchev–Trinajstić information content (AvgIpc) is 2.78. The van der Waals surface area contributed by atoms with Crippen LogP contribution in [0.5, 0.6) is 0 Å². The lowest BCUT2D eigenvalue weighted by atomic mass is 10.0. The summed E-state index contributed by atoms with van der Waals surface area (Å²) in [6.07, 6.45) is 0. The highest BCUT2D eigenvalue weighted by molar-refractivity contribution is 6.31. The van der Waals surface area contributed by atoms with Crippen LogP contribution in [0.3, 0.4) is 0 Å². The number of hydrogen-bond acceptors (Lipinski definition) is 4. The Labute approximate surface area is 182 Å². The van der Waals surface area contributed by atoms with Crippen molar-refractivity contribution in [3.8, 4) is 0 Å². The Hall–Kier alpha value is -2.76. The van der Waals surface area contributed by atoms with Crippen LogP contribution in [0.2, 0.25) is 5.02 Å². The quantitative estimate of drug-likeness (QED) is 0.607. The van der Waals surface area contributed by atoms with E-state index in [0.29, 0.717) is 18.2 Å². The molecule has 0 aromatic heterocycles. The zero-order chi connectivity index (χ0) is 20.9. The number of ether oxygens (including phenoxy) is 1. The van der Waals surface area contributed by atoms with E-state index in [0.717, 1.165) is 30.0 Å². The van der Waals surface area contributed by atoms with Crippen LogP contribution in [-0.2, 0) is 9.53 Å². The molecule has 3 aromatic rings. The van der Waals surface area contributed by atoms with Gasteiger partial charge in [-0.1, -0.05) is 48.0 Å². The van der Waals surface area contributed by atoms with E-state index in [2.05, 4.69) is 45.9 Å². The van der Waals surface area contributed by atoms with E-state index in [-0.39, 0.29) is 18.5 Å². The summed E-state index contributed by atoms with van der Waals surface area (Å²) < 4.78 is 5.44. The molecule has 5 nitrogen and oxygen atoms in total. The fourth-order valence-electron chi connectivity index (χ4n) is 3.76. The second-order valence-electron chi connectivity index (χ2n) is 7.51. The fraction of sp³-hybridized carbons (Fsp3) is 0.292. The molecule has 1 saturated heterocycles. The van der Waals surface area contributed by atoms with Gasteiger partial charge in [-0.3, -0.25) is 4.79 Å². The van der Waals surface area contributed by atoms with Gasteiger partial charge in [-0.05, 0) is 47.5 Å². The Kier molecular flexibility index (Phi) is 6.41. The molecular formula is C24H26ClN3O2. The lowest BCUT2D eigenvalue weighted by Crippen LogP contribution is -2.37. The first-order valence-electron chi connectivity index (χ1n) is 10.2. The zero-order valence-electron chi connectivity index (χ0n) is 17.0. The molecule has 1 fully saturated rings. The molecule has 0 saturated carbocycles. The number of fused-ring (bicyclic) bond motifs is 1. The van der Waals surface area contributed by atoms with Crippen LogP contribution in [0.1, 0.15) is 18.5 Å². The lowest BCUT2D eigenvalue weighted by molar-refractivity contribution is -0.120. The van der Waals surface area contributed by atoms with Crippen LogP contribution >= 0.6 is 11.6 Å². The summed E-state index contributed by atoms with van der Waals surface area (Å²) >= 11 is 6.20. The number of amides is 1. The standard InChI is InChI=1S/C24H26ClN3O2/c1-17(19-7-6-18-4-2-3-5-20(18)14-19)27-24(29)16-26-22-15-21(25)8-9-23(22)28-10-12-30-13-11-28/h2-9,14-15,17,26H,10-13,16H2,1H3,(H,27,29). The van der Waals surface area contributed by atoms with Crippen molar-refractivity contribution >= 4 is 39.7 Å². The van der Waals surface area contributed by atoms with Gasteiger partial charge >= 0.3 is 0 Å². The van der Waals surface area contributed by atoms with Crippen LogP contribution in [0.15, 0.2) is 60.7 Å². The third kappa shape index (κ3) is 4.86. The topological polar surface area (TPSA) is 53.6 Å². The van der Waals surface area contributed by atoms with E-state index in [4.69, 9.17) is 16.3 Å². The molecule has 0 spiro atoms. The largest absolute Gasteiger partial charge is 0.378 e. The Morgan fingerprint density at radius 2 is 1.83 bits per heavy atom. The molecule has 1 atom stereocenters. The van der Waals surface area contributed by atoms with E-state index >= 15 is 0 Å². The highest BCUT2D eigenvalue weighted by Crippen LogP contribution is 2.29. The normalized spacial score (nSPS) is 15.1. The third-order valence-corrected chi connectivity index (χ3v) is 5.64. The first-order valence-corrected chi connectivity index (χ1v) is 10.6. The molecule has 1 aliphatic rings. The summed E-state index contributed by atoms with van der Waals surface area (Å²) in [4.78, 5) is 14.8. The fourth-order valence-corrected chi connectivity index (χ4v) is 3.93. The number of nitrogens with zero attached hydrogens (tertiary/aromatic N) is 1. The second kappa shape index (κ2) is 9.37. The van der Waals surface area contributed by atoms with E-state index in [1.807, 2.05) is 37.3 Å². The molecule has 6 heteroatoms. The minimum atomic E-state index is -0.0815. The summed E-state index contributed by atoms with van der Waals surface area (Å²) in [7, 11) is 0. The summed E-state index contributed by atoms with van der Waals surface area (Å²) in [5, 5.41) is 9.34. The smallest absolute Gasteiger partial charge is 0.239 e. The van der Waals surface area contributed by atoms with Crippen molar-refractivity contribution in [3.63, 3.8) is 0 Å². The van der Waals surface area contributed by atoms with Crippen molar-refractivity contribution in [2.75, 3.05) is 43.1 Å². The number of halogens is 1. The molecule has 3 aromatic carbocycles. The predicted molar refractivity (Wildman–Crippen MR) is 123 cm³/mol. The molecule has 1 aliphatic heterocycles. The van der Waals surface area contributed by atoms with Crippen molar-refractivity contribution in [2.45, 2.75) is 13.0 Å². The molecule has 2 N–H and O–H groups in total. The molecule has 0 bridgehead atoms. The molecule has 1 heterocycles. The zero-order valence-corrected chi connectivity index (χ0v) is 17.8. The first kappa shape index (κ1) is 20.5. The van der Waals surface area contributed by atoms with Crippen LogP contribution < -0.4 is 15.5 Å². The number of carbonyl (C=O) groups is 1. The van der Waals surface area contributed by atoms with Crippen LogP contribution in [-0.4, -0.2) is 38.8 Å². The molecule has 0 radical (unpaired) electrons. The number of anilines is 2. The van der Waals surface area contributed by atoms with Crippen LogP contribution in [0.25, 0.3) is 10.8 Å². The number of hydrogen-bond donors (Lipinski definition) is 2. The van der Waals surface area contributed by atoms with Gasteiger partial charge in [0.2, 0.25) is 5.91 Å². The minimum Gasteiger partial charge on any atom is -0.378 e. The Morgan fingerprint density at radius 1 is 1.07 bits per heavy atom. The summed E-state index contributed by atoms with van der Waals surface area (Å²) in [6, 6.07) is 20.2. The molecular weight excluding hydrogens is 398 g/mol. The second-order valence-corrected chi connectivity index (χ2v) is 7.95. The number of morpholine rings is 1. The molecule has 156 valence electrons. The number of carbonyl (C=O) groups excluding carboxylic acids is 1. The monoisotopic (exact) mass is 423 g/mol. The van der Waals surface area contributed by atoms with Crippen molar-refractivity contribution in [2.24, 2.45) is 0 Å². The van der Waals surface area contributed by atoms with E-state index in [1.165, 1.54) is 10.8 Å². The van der Waals surface area contributed by atoms with Crippen molar-refractivity contribution in [1.82, 2.24) is 5.32 Å². The van der Waals surface area contributed by atoms with Crippen LogP contribution in [0, 0.1) is 0 Å². The van der Waals surface area contributed by atoms with Crippen LogP contribution in [0.4, 0.5) is 11.4 Å². The van der Waals surface area contributed by atoms with Crippen molar-refractivity contribution < 1.29 is 9.53 Å². The van der Waals surface area contributed by atoms with Gasteiger partial charge in [0.15, 0.2) is 0 Å². The minimum absolute atomic E-state index is 0.0661. The maximum atomic E-state index is 12.6. The number of benzene rings is 3. The summed E-state index contributed by atoms with van der Waals surface area (Å²) in [5.41, 5.74) is 2.98. The van der Waals surface area contributed by atoms with Crippen molar-refractivity contribution in [3.05, 3.63) is 71.2 Å².